The monoisotopic (exact) mass is 98.0 g/mol. The van der Waals surface area contributed by atoms with Crippen LogP contribution in [0.5, 0.6) is 0 Å². The van der Waals surface area contributed by atoms with Gasteiger partial charge in [0.1, 0.15) is 5.82 Å². The first kappa shape index (κ1) is 3.13. The second-order valence-electron chi connectivity index (χ2n) is 1.09. The fraction of sp³-hybridized carbons (Fsp3) is 0. The van der Waals surface area contributed by atoms with E-state index >= 15 is 0 Å². The first-order valence-electron chi connectivity index (χ1n) is 2.37. The Morgan fingerprint density at radius 3 is 3.14 bits per heavy atom. The zero-order valence-electron chi connectivity index (χ0n) is 4.56. The Morgan fingerprint density at radius 2 is 2.71 bits per heavy atom. The number of pyridine rings is 1. The third-order valence-electron chi connectivity index (χ3n) is 0.570. The minimum Gasteiger partial charge on any atom is -0.262 e. The van der Waals surface area contributed by atoms with Crippen molar-refractivity contribution >= 4 is 0 Å². The van der Waals surface area contributed by atoms with E-state index in [0.717, 1.165) is 6.20 Å². The summed E-state index contributed by atoms with van der Waals surface area (Å²) < 4.78 is 18.9. The van der Waals surface area contributed by atoms with Crippen LogP contribution in [-0.4, -0.2) is 4.98 Å². The molecule has 2 heteroatoms. The van der Waals surface area contributed by atoms with E-state index in [4.69, 9.17) is 1.37 Å². The zero-order chi connectivity index (χ0) is 5.98. The van der Waals surface area contributed by atoms with Gasteiger partial charge in [-0.25, -0.2) is 4.39 Å². The van der Waals surface area contributed by atoms with Gasteiger partial charge in [-0.1, -0.05) is 0 Å². The molecule has 0 bridgehead atoms. The van der Waals surface area contributed by atoms with Crippen molar-refractivity contribution < 1.29 is 5.76 Å². The molecule has 0 spiro atoms. The summed E-state index contributed by atoms with van der Waals surface area (Å²) in [6, 6.07) is 1.19. The quantitative estimate of drug-likeness (QED) is 0.475. The third kappa shape index (κ3) is 0.961. The normalized spacial score (nSPS) is 10.7. The van der Waals surface area contributed by atoms with Crippen LogP contribution in [0.4, 0.5) is 4.39 Å². The molecule has 0 saturated heterocycles. The average molecular weight is 98.1 g/mol. The van der Waals surface area contributed by atoms with Gasteiger partial charge in [-0.15, -0.1) is 0 Å². The molecular weight excluding hydrogens is 93.1 g/mol. The topological polar surface area (TPSA) is 12.9 Å². The van der Waals surface area contributed by atoms with Gasteiger partial charge in [-0.3, -0.25) is 4.98 Å². The van der Waals surface area contributed by atoms with Crippen molar-refractivity contribution in [2.75, 3.05) is 0 Å². The Labute approximate surface area is 42.2 Å². The number of aromatic nitrogens is 1. The van der Waals surface area contributed by atoms with Crippen molar-refractivity contribution in [3.63, 3.8) is 0 Å². The molecule has 1 heterocycles. The minimum absolute atomic E-state index is 0.111. The van der Waals surface area contributed by atoms with Gasteiger partial charge in [0.2, 0.25) is 0 Å². The van der Waals surface area contributed by atoms with Crippen molar-refractivity contribution in [2.24, 2.45) is 0 Å². The van der Waals surface area contributed by atoms with E-state index in [-0.39, 0.29) is 6.04 Å². The molecular formula is C5H4FN. The van der Waals surface area contributed by atoms with Gasteiger partial charge in [-0.05, 0) is 12.1 Å². The molecule has 0 atom stereocenters. The highest BCUT2D eigenvalue weighted by Gasteiger charge is 1.78. The van der Waals surface area contributed by atoms with Gasteiger partial charge in [0.05, 0.1) is 7.57 Å². The zero-order valence-corrected chi connectivity index (χ0v) is 3.56. The SMILES string of the molecule is [2H]c1ccncc1F. The highest BCUT2D eigenvalue weighted by atomic mass is 19.1. The van der Waals surface area contributed by atoms with Gasteiger partial charge in [-0.2, -0.15) is 0 Å². The van der Waals surface area contributed by atoms with E-state index in [9.17, 15) is 4.39 Å². The first-order valence-corrected chi connectivity index (χ1v) is 1.87. The molecule has 0 unspecified atom stereocenters. The maximum Gasteiger partial charge on any atom is 0.141 e. The summed E-state index contributed by atoms with van der Waals surface area (Å²) in [6.45, 7) is 0. The first-order chi connectivity index (χ1) is 3.80. The Bertz CT molecular complexity index is 169. The molecule has 1 aromatic heterocycles. The summed E-state index contributed by atoms with van der Waals surface area (Å²) in [5.74, 6) is -0.576. The van der Waals surface area contributed by atoms with Crippen LogP contribution in [0.25, 0.3) is 0 Å². The van der Waals surface area contributed by atoms with Crippen LogP contribution >= 0.6 is 0 Å². The summed E-state index contributed by atoms with van der Waals surface area (Å²) in [5, 5.41) is 0. The van der Waals surface area contributed by atoms with E-state index in [2.05, 4.69) is 4.98 Å². The van der Waals surface area contributed by atoms with Crippen LogP contribution in [0.15, 0.2) is 24.5 Å². The van der Waals surface area contributed by atoms with Crippen LogP contribution < -0.4 is 0 Å². The van der Waals surface area contributed by atoms with Crippen molar-refractivity contribution in [1.29, 1.82) is 0 Å². The maximum absolute atomic E-state index is 12.1. The predicted molar refractivity (Wildman–Crippen MR) is 24.2 cm³/mol. The second-order valence-corrected chi connectivity index (χ2v) is 1.09. The highest BCUT2D eigenvalue weighted by molar-refractivity contribution is 4.92. The molecule has 36 valence electrons. The average Bonchev–Trinajstić information content (AvgIpc) is 1.77. The lowest BCUT2D eigenvalue weighted by Crippen LogP contribution is -1.70. The summed E-state index contributed by atoms with van der Waals surface area (Å²) in [5.41, 5.74) is 0. The van der Waals surface area contributed by atoms with Crippen LogP contribution in [-0.2, 0) is 0 Å². The molecule has 0 aliphatic heterocycles. The van der Waals surface area contributed by atoms with Gasteiger partial charge < -0.3 is 0 Å². The van der Waals surface area contributed by atoms with Crippen molar-refractivity contribution in [3.8, 4) is 0 Å². The number of hydrogen-bond donors (Lipinski definition) is 0. The van der Waals surface area contributed by atoms with E-state index in [1.54, 1.807) is 0 Å². The molecule has 0 saturated carbocycles. The van der Waals surface area contributed by atoms with Crippen LogP contribution in [0, 0.1) is 5.82 Å². The minimum atomic E-state index is -0.576. The Hall–Kier alpha value is -0.920. The van der Waals surface area contributed by atoms with Crippen molar-refractivity contribution in [2.45, 2.75) is 0 Å². The molecule has 0 amide bonds. The molecule has 1 rings (SSSR count). The molecule has 1 aromatic rings. The van der Waals surface area contributed by atoms with Crippen molar-refractivity contribution in [1.82, 2.24) is 4.98 Å². The van der Waals surface area contributed by atoms with E-state index < -0.39 is 5.82 Å². The molecule has 0 fully saturated rings. The molecule has 0 N–H and O–H groups in total. The lowest BCUT2D eigenvalue weighted by molar-refractivity contribution is 0.621. The lowest BCUT2D eigenvalue weighted by atomic mass is 10.5. The van der Waals surface area contributed by atoms with Gasteiger partial charge in [0.15, 0.2) is 0 Å². The third-order valence-corrected chi connectivity index (χ3v) is 0.570. The number of halogens is 1. The summed E-state index contributed by atoms with van der Waals surface area (Å²) in [4.78, 5) is 3.45. The summed E-state index contributed by atoms with van der Waals surface area (Å²) in [6.07, 6.45) is 2.40. The molecule has 1 nitrogen and oxygen atoms in total. The predicted octanol–water partition coefficient (Wildman–Crippen LogP) is 1.22. The molecule has 0 radical (unpaired) electrons. The van der Waals surface area contributed by atoms with E-state index in [1.165, 1.54) is 12.3 Å². The van der Waals surface area contributed by atoms with Gasteiger partial charge in [0, 0.05) is 6.20 Å². The fourth-order valence-corrected chi connectivity index (χ4v) is 0.306. The van der Waals surface area contributed by atoms with E-state index in [0.29, 0.717) is 0 Å². The Morgan fingerprint density at radius 1 is 1.86 bits per heavy atom. The number of hydrogen-bond acceptors (Lipinski definition) is 1. The summed E-state index contributed by atoms with van der Waals surface area (Å²) in [7, 11) is 0. The Balaban J connectivity index is 3.13. The summed E-state index contributed by atoms with van der Waals surface area (Å²) >= 11 is 0. The number of rotatable bonds is 0. The fourth-order valence-electron chi connectivity index (χ4n) is 0.306. The molecule has 7 heavy (non-hydrogen) atoms. The molecule has 0 aromatic carbocycles. The maximum atomic E-state index is 12.1. The Kier molecular flexibility index (Phi) is 0.754. The van der Waals surface area contributed by atoms with Crippen LogP contribution in [0.2, 0.25) is 0 Å². The van der Waals surface area contributed by atoms with Crippen LogP contribution in [0.3, 0.4) is 0 Å². The smallest absolute Gasteiger partial charge is 0.141 e. The lowest BCUT2D eigenvalue weighted by Gasteiger charge is -1.78. The van der Waals surface area contributed by atoms with Crippen LogP contribution in [0.1, 0.15) is 1.37 Å². The van der Waals surface area contributed by atoms with E-state index in [1.807, 2.05) is 0 Å². The molecule has 0 aliphatic carbocycles. The molecule has 0 aliphatic rings. The van der Waals surface area contributed by atoms with Crippen molar-refractivity contribution in [3.05, 3.63) is 30.3 Å². The van der Waals surface area contributed by atoms with Gasteiger partial charge in [0.25, 0.3) is 0 Å². The standard InChI is InChI=1S/C5H4FN/c6-5-2-1-3-7-4-5/h1-4H/i2D. The number of nitrogens with zero attached hydrogens (tertiary/aromatic N) is 1. The van der Waals surface area contributed by atoms with Gasteiger partial charge >= 0.3 is 0 Å². The second kappa shape index (κ2) is 1.69. The highest BCUT2D eigenvalue weighted by Crippen LogP contribution is 1.87. The largest absolute Gasteiger partial charge is 0.262 e.